The maximum Gasteiger partial charge on any atom is 0.221 e. The number of carbonyl (C=O) groups excluding carboxylic acids is 1. The summed E-state index contributed by atoms with van der Waals surface area (Å²) in [7, 11) is 0. The maximum absolute atomic E-state index is 10.9. The van der Waals surface area contributed by atoms with Crippen molar-refractivity contribution in [2.75, 3.05) is 18.4 Å². The number of hydrogen-bond donors (Lipinski definition) is 1. The Morgan fingerprint density at radius 2 is 1.84 bits per heavy atom. The third-order valence-corrected chi connectivity index (χ3v) is 3.74. The number of piperidine rings is 1. The summed E-state index contributed by atoms with van der Waals surface area (Å²) >= 11 is 5.51. The molecule has 0 bridgehead atoms. The average molecular weight is 276 g/mol. The number of benzene rings is 1. The fourth-order valence-electron chi connectivity index (χ4n) is 2.34. The average Bonchev–Trinajstić information content (AvgIpc) is 2.41. The van der Waals surface area contributed by atoms with Crippen molar-refractivity contribution >= 4 is 28.8 Å². The van der Waals surface area contributed by atoms with Crippen molar-refractivity contribution in [3.63, 3.8) is 0 Å². The van der Waals surface area contributed by atoms with Crippen molar-refractivity contribution in [3.05, 3.63) is 29.8 Å². The summed E-state index contributed by atoms with van der Waals surface area (Å²) in [5.41, 5.74) is 2.03. The number of hydrogen-bond acceptors (Lipinski definition) is 2. The van der Waals surface area contributed by atoms with Crippen LogP contribution in [0.2, 0.25) is 0 Å². The topological polar surface area (TPSA) is 32.3 Å². The largest absolute Gasteiger partial charge is 0.366 e. The molecular weight excluding hydrogens is 256 g/mol. The van der Waals surface area contributed by atoms with E-state index in [1.807, 2.05) is 24.3 Å². The van der Waals surface area contributed by atoms with Gasteiger partial charge in [-0.05, 0) is 37.0 Å². The number of thiocarbonyl (C=S) groups is 1. The minimum Gasteiger partial charge on any atom is -0.366 e. The van der Waals surface area contributed by atoms with Crippen LogP contribution in [0.1, 0.15) is 31.7 Å². The Morgan fingerprint density at radius 1 is 1.21 bits per heavy atom. The molecule has 1 N–H and O–H groups in total. The quantitative estimate of drug-likeness (QED) is 0.861. The second-order valence-electron chi connectivity index (χ2n) is 5.00. The number of likely N-dealkylation sites (tertiary alicyclic amines) is 1. The smallest absolute Gasteiger partial charge is 0.221 e. The molecule has 1 aromatic carbocycles. The van der Waals surface area contributed by atoms with E-state index in [2.05, 4.69) is 10.2 Å². The van der Waals surface area contributed by atoms with Crippen LogP contribution in [0.5, 0.6) is 0 Å². The van der Waals surface area contributed by atoms with Crippen LogP contribution in [0.3, 0.4) is 0 Å². The van der Waals surface area contributed by atoms with Crippen molar-refractivity contribution < 1.29 is 4.79 Å². The lowest BCUT2D eigenvalue weighted by molar-refractivity contribution is -0.114. The first-order valence-electron chi connectivity index (χ1n) is 6.79. The van der Waals surface area contributed by atoms with E-state index in [9.17, 15) is 4.79 Å². The van der Waals surface area contributed by atoms with Crippen LogP contribution < -0.4 is 5.32 Å². The summed E-state index contributed by atoms with van der Waals surface area (Å²) in [6, 6.07) is 7.91. The Morgan fingerprint density at radius 3 is 2.42 bits per heavy atom. The van der Waals surface area contributed by atoms with E-state index in [0.29, 0.717) is 0 Å². The molecule has 19 heavy (non-hydrogen) atoms. The van der Waals surface area contributed by atoms with Gasteiger partial charge in [0.1, 0.15) is 0 Å². The molecule has 0 aliphatic carbocycles. The van der Waals surface area contributed by atoms with Gasteiger partial charge < -0.3 is 10.2 Å². The highest BCUT2D eigenvalue weighted by Crippen LogP contribution is 2.14. The number of rotatable bonds is 3. The highest BCUT2D eigenvalue weighted by Gasteiger charge is 2.13. The SMILES string of the molecule is CC(=O)Nc1ccc(CC(=S)N2CCCCC2)cc1. The third-order valence-electron chi connectivity index (χ3n) is 3.34. The van der Waals surface area contributed by atoms with Crippen molar-refractivity contribution in [2.24, 2.45) is 0 Å². The molecule has 2 rings (SSSR count). The minimum atomic E-state index is -0.0448. The Labute approximate surface area is 120 Å². The number of anilines is 1. The lowest BCUT2D eigenvalue weighted by atomic mass is 10.1. The van der Waals surface area contributed by atoms with E-state index in [1.165, 1.54) is 31.7 Å². The van der Waals surface area contributed by atoms with Crippen LogP contribution in [0.4, 0.5) is 5.69 Å². The summed E-state index contributed by atoms with van der Waals surface area (Å²) in [6.07, 6.45) is 4.64. The molecule has 102 valence electrons. The fraction of sp³-hybridized carbons (Fsp3) is 0.467. The summed E-state index contributed by atoms with van der Waals surface area (Å²) in [4.78, 5) is 14.3. The predicted molar refractivity (Wildman–Crippen MR) is 82.5 cm³/mol. The second kappa shape index (κ2) is 6.66. The highest BCUT2D eigenvalue weighted by molar-refractivity contribution is 7.80. The minimum absolute atomic E-state index is 0.0448. The van der Waals surface area contributed by atoms with Gasteiger partial charge in [-0.15, -0.1) is 0 Å². The molecule has 0 atom stereocenters. The van der Waals surface area contributed by atoms with Gasteiger partial charge in [0.15, 0.2) is 0 Å². The molecule has 1 aliphatic heterocycles. The first-order valence-corrected chi connectivity index (χ1v) is 7.20. The molecule has 1 aliphatic rings. The molecule has 1 heterocycles. The van der Waals surface area contributed by atoms with E-state index in [1.54, 1.807) is 0 Å². The molecule has 1 amide bonds. The molecule has 1 saturated heterocycles. The van der Waals surface area contributed by atoms with E-state index in [4.69, 9.17) is 12.2 Å². The maximum atomic E-state index is 10.9. The van der Waals surface area contributed by atoms with Crippen LogP contribution in [-0.4, -0.2) is 28.9 Å². The first-order chi connectivity index (χ1) is 9.15. The molecule has 0 spiro atoms. The van der Waals surface area contributed by atoms with Gasteiger partial charge in [0.2, 0.25) is 5.91 Å². The van der Waals surface area contributed by atoms with Crippen molar-refractivity contribution in [1.82, 2.24) is 4.90 Å². The van der Waals surface area contributed by atoms with Gasteiger partial charge in [-0.3, -0.25) is 4.79 Å². The zero-order valence-electron chi connectivity index (χ0n) is 11.3. The van der Waals surface area contributed by atoms with Crippen LogP contribution in [0, 0.1) is 0 Å². The number of nitrogens with one attached hydrogen (secondary N) is 1. The second-order valence-corrected chi connectivity index (χ2v) is 5.47. The zero-order valence-corrected chi connectivity index (χ0v) is 12.1. The predicted octanol–water partition coefficient (Wildman–Crippen LogP) is 3.00. The Bertz CT molecular complexity index is 450. The Balaban J connectivity index is 1.91. The Hall–Kier alpha value is -1.42. The highest BCUT2D eigenvalue weighted by atomic mass is 32.1. The molecular formula is C15H20N2OS. The van der Waals surface area contributed by atoms with E-state index in [0.717, 1.165) is 30.2 Å². The summed E-state index contributed by atoms with van der Waals surface area (Å²) in [5, 5.41) is 2.77. The van der Waals surface area contributed by atoms with E-state index in [-0.39, 0.29) is 5.91 Å². The summed E-state index contributed by atoms with van der Waals surface area (Å²) < 4.78 is 0. The van der Waals surface area contributed by atoms with Crippen molar-refractivity contribution in [2.45, 2.75) is 32.6 Å². The molecule has 0 saturated carbocycles. The molecule has 1 aromatic rings. The monoisotopic (exact) mass is 276 g/mol. The zero-order chi connectivity index (χ0) is 13.7. The van der Waals surface area contributed by atoms with Crippen molar-refractivity contribution in [3.8, 4) is 0 Å². The number of nitrogens with zero attached hydrogens (tertiary/aromatic N) is 1. The fourth-order valence-corrected chi connectivity index (χ4v) is 2.69. The number of carbonyl (C=O) groups is 1. The lowest BCUT2D eigenvalue weighted by Crippen LogP contribution is -2.35. The number of amides is 1. The summed E-state index contributed by atoms with van der Waals surface area (Å²) in [6.45, 7) is 3.71. The van der Waals surface area contributed by atoms with Crippen LogP contribution in [0.15, 0.2) is 24.3 Å². The molecule has 0 unspecified atom stereocenters. The molecule has 0 radical (unpaired) electrons. The van der Waals surface area contributed by atoms with Crippen molar-refractivity contribution in [1.29, 1.82) is 0 Å². The third kappa shape index (κ3) is 4.31. The van der Waals surface area contributed by atoms with Gasteiger partial charge in [-0.25, -0.2) is 0 Å². The van der Waals surface area contributed by atoms with Crippen LogP contribution in [-0.2, 0) is 11.2 Å². The molecule has 1 fully saturated rings. The van der Waals surface area contributed by atoms with Gasteiger partial charge in [0, 0.05) is 32.1 Å². The van der Waals surface area contributed by atoms with Crippen LogP contribution >= 0.6 is 12.2 Å². The molecule has 3 nitrogen and oxygen atoms in total. The molecule has 0 aromatic heterocycles. The normalized spacial score (nSPS) is 15.1. The summed E-state index contributed by atoms with van der Waals surface area (Å²) in [5.74, 6) is -0.0448. The standard InChI is InChI=1S/C15H20N2OS/c1-12(18)16-14-7-5-13(6-8-14)11-15(19)17-9-3-2-4-10-17/h5-8H,2-4,9-11H2,1H3,(H,16,18). The Kier molecular flexibility index (Phi) is 4.91. The van der Waals surface area contributed by atoms with E-state index >= 15 is 0 Å². The van der Waals surface area contributed by atoms with Gasteiger partial charge in [0.25, 0.3) is 0 Å². The van der Waals surface area contributed by atoms with Gasteiger partial charge in [0.05, 0.1) is 4.99 Å². The van der Waals surface area contributed by atoms with Gasteiger partial charge in [-0.1, -0.05) is 24.4 Å². The molecule has 4 heteroatoms. The first kappa shape index (κ1) is 14.0. The van der Waals surface area contributed by atoms with Crippen LogP contribution in [0.25, 0.3) is 0 Å². The lowest BCUT2D eigenvalue weighted by Gasteiger charge is -2.29. The van der Waals surface area contributed by atoms with Gasteiger partial charge >= 0.3 is 0 Å². The van der Waals surface area contributed by atoms with Gasteiger partial charge in [-0.2, -0.15) is 0 Å². The van der Waals surface area contributed by atoms with E-state index < -0.39 is 0 Å².